The molecule has 0 saturated heterocycles. The van der Waals surface area contributed by atoms with Crippen LogP contribution in [0.4, 0.5) is 0 Å². The summed E-state index contributed by atoms with van der Waals surface area (Å²) >= 11 is 1.42. The first-order valence-electron chi connectivity index (χ1n) is 5.37. The molecule has 1 aromatic heterocycles. The highest BCUT2D eigenvalue weighted by Gasteiger charge is 2.53. The molecule has 1 aromatic rings. The smallest absolute Gasteiger partial charge is 0.348 e. The first kappa shape index (κ1) is 11.6. The van der Waals surface area contributed by atoms with Crippen LogP contribution in [0.3, 0.4) is 0 Å². The SMILES string of the molecule is COC(=O)c1sccc1C(C)(C)C1(N)CC1. The predicted octanol–water partition coefficient (Wildman–Crippen LogP) is 2.30. The van der Waals surface area contributed by atoms with Crippen molar-refractivity contribution < 1.29 is 9.53 Å². The molecular formula is C12H17NO2S. The summed E-state index contributed by atoms with van der Waals surface area (Å²) in [4.78, 5) is 12.3. The van der Waals surface area contributed by atoms with E-state index in [2.05, 4.69) is 13.8 Å². The second kappa shape index (κ2) is 3.57. The Hall–Kier alpha value is -0.870. The quantitative estimate of drug-likeness (QED) is 0.823. The summed E-state index contributed by atoms with van der Waals surface area (Å²) in [5.41, 5.74) is 6.97. The summed E-state index contributed by atoms with van der Waals surface area (Å²) in [7, 11) is 1.41. The Morgan fingerprint density at radius 2 is 2.19 bits per heavy atom. The van der Waals surface area contributed by atoms with Crippen LogP contribution in [0.25, 0.3) is 0 Å². The van der Waals surface area contributed by atoms with E-state index in [0.717, 1.165) is 18.4 Å². The molecule has 0 radical (unpaired) electrons. The third kappa shape index (κ3) is 1.57. The molecule has 1 heterocycles. The molecule has 16 heavy (non-hydrogen) atoms. The molecule has 1 aliphatic carbocycles. The van der Waals surface area contributed by atoms with Crippen LogP contribution in [0.5, 0.6) is 0 Å². The van der Waals surface area contributed by atoms with Gasteiger partial charge in [0.1, 0.15) is 4.88 Å². The monoisotopic (exact) mass is 239 g/mol. The Morgan fingerprint density at radius 1 is 1.56 bits per heavy atom. The number of hydrogen-bond acceptors (Lipinski definition) is 4. The second-order valence-electron chi connectivity index (χ2n) is 4.94. The molecule has 1 fully saturated rings. The fraction of sp³-hybridized carbons (Fsp3) is 0.583. The summed E-state index contributed by atoms with van der Waals surface area (Å²) in [6.45, 7) is 4.21. The molecule has 0 spiro atoms. The summed E-state index contributed by atoms with van der Waals surface area (Å²) in [6, 6.07) is 1.99. The number of hydrogen-bond donors (Lipinski definition) is 1. The molecule has 0 aromatic carbocycles. The molecular weight excluding hydrogens is 222 g/mol. The number of carbonyl (C=O) groups is 1. The molecule has 2 N–H and O–H groups in total. The van der Waals surface area contributed by atoms with E-state index in [1.807, 2.05) is 11.4 Å². The van der Waals surface area contributed by atoms with Gasteiger partial charge >= 0.3 is 5.97 Å². The van der Waals surface area contributed by atoms with Gasteiger partial charge in [0.15, 0.2) is 0 Å². The van der Waals surface area contributed by atoms with E-state index in [9.17, 15) is 4.79 Å². The van der Waals surface area contributed by atoms with Crippen molar-refractivity contribution in [3.63, 3.8) is 0 Å². The van der Waals surface area contributed by atoms with Gasteiger partial charge in [-0.3, -0.25) is 0 Å². The maximum Gasteiger partial charge on any atom is 0.348 e. The zero-order valence-electron chi connectivity index (χ0n) is 9.87. The highest BCUT2D eigenvalue weighted by Crippen LogP contribution is 2.50. The van der Waals surface area contributed by atoms with Crippen molar-refractivity contribution >= 4 is 17.3 Å². The van der Waals surface area contributed by atoms with Crippen molar-refractivity contribution in [1.29, 1.82) is 0 Å². The Balaban J connectivity index is 2.41. The zero-order valence-corrected chi connectivity index (χ0v) is 10.7. The molecule has 0 atom stereocenters. The molecule has 0 bridgehead atoms. The van der Waals surface area contributed by atoms with Gasteiger partial charge in [0.2, 0.25) is 0 Å². The maximum atomic E-state index is 11.6. The van der Waals surface area contributed by atoms with Crippen molar-refractivity contribution in [2.45, 2.75) is 37.6 Å². The molecule has 0 aliphatic heterocycles. The van der Waals surface area contributed by atoms with Gasteiger partial charge < -0.3 is 10.5 Å². The van der Waals surface area contributed by atoms with Crippen LogP contribution in [0, 0.1) is 0 Å². The van der Waals surface area contributed by atoms with Crippen molar-refractivity contribution in [1.82, 2.24) is 0 Å². The van der Waals surface area contributed by atoms with Crippen LogP contribution in [-0.2, 0) is 10.2 Å². The molecule has 4 heteroatoms. The van der Waals surface area contributed by atoms with Gasteiger partial charge in [0, 0.05) is 11.0 Å². The highest BCUT2D eigenvalue weighted by atomic mass is 32.1. The lowest BCUT2D eigenvalue weighted by Gasteiger charge is -2.32. The van der Waals surface area contributed by atoms with E-state index in [1.54, 1.807) is 0 Å². The van der Waals surface area contributed by atoms with Gasteiger partial charge in [-0.05, 0) is 29.9 Å². The lowest BCUT2D eigenvalue weighted by Crippen LogP contribution is -2.43. The number of carbonyl (C=O) groups excluding carboxylic acids is 1. The van der Waals surface area contributed by atoms with E-state index in [-0.39, 0.29) is 16.9 Å². The number of thiophene rings is 1. The fourth-order valence-corrected chi connectivity index (χ4v) is 3.05. The molecule has 0 amide bonds. The van der Waals surface area contributed by atoms with E-state index < -0.39 is 0 Å². The van der Waals surface area contributed by atoms with E-state index in [4.69, 9.17) is 10.5 Å². The lowest BCUT2D eigenvalue weighted by atomic mass is 9.76. The molecule has 0 unspecified atom stereocenters. The molecule has 1 saturated carbocycles. The normalized spacial score (nSPS) is 18.2. The minimum Gasteiger partial charge on any atom is -0.465 e. The van der Waals surface area contributed by atoms with E-state index in [0.29, 0.717) is 4.88 Å². The number of rotatable bonds is 3. The van der Waals surface area contributed by atoms with Crippen LogP contribution in [0.15, 0.2) is 11.4 Å². The Bertz CT molecular complexity index is 418. The lowest BCUT2D eigenvalue weighted by molar-refractivity contribution is 0.0603. The number of esters is 1. The van der Waals surface area contributed by atoms with Crippen LogP contribution in [-0.4, -0.2) is 18.6 Å². The van der Waals surface area contributed by atoms with Crippen LogP contribution in [0.1, 0.15) is 41.9 Å². The minimum atomic E-state index is -0.262. The standard InChI is InChI=1S/C12H17NO2S/c1-11(2,12(13)5-6-12)8-4-7-16-9(8)10(14)15-3/h4,7H,5-6,13H2,1-3H3. The van der Waals surface area contributed by atoms with Crippen molar-refractivity contribution in [3.05, 3.63) is 21.9 Å². The average molecular weight is 239 g/mol. The third-order valence-corrected chi connectivity index (χ3v) is 4.64. The Labute approximate surface area is 99.6 Å². The van der Waals surface area contributed by atoms with Gasteiger partial charge in [0.05, 0.1) is 7.11 Å². The van der Waals surface area contributed by atoms with Gasteiger partial charge in [-0.15, -0.1) is 11.3 Å². The molecule has 2 rings (SSSR count). The third-order valence-electron chi connectivity index (χ3n) is 3.74. The maximum absolute atomic E-state index is 11.6. The van der Waals surface area contributed by atoms with Crippen molar-refractivity contribution in [2.24, 2.45) is 5.73 Å². The zero-order chi connectivity index (χ0) is 12.0. The average Bonchev–Trinajstić information content (AvgIpc) is 2.84. The van der Waals surface area contributed by atoms with Gasteiger partial charge in [-0.25, -0.2) is 4.79 Å². The summed E-state index contributed by atoms with van der Waals surface area (Å²) in [5.74, 6) is -0.262. The van der Waals surface area contributed by atoms with Crippen LogP contribution in [0.2, 0.25) is 0 Å². The largest absolute Gasteiger partial charge is 0.465 e. The molecule has 88 valence electrons. The van der Waals surface area contributed by atoms with E-state index >= 15 is 0 Å². The topological polar surface area (TPSA) is 52.3 Å². The highest BCUT2D eigenvalue weighted by molar-refractivity contribution is 7.12. The number of nitrogens with two attached hydrogens (primary N) is 1. The summed E-state index contributed by atoms with van der Waals surface area (Å²) in [5, 5.41) is 1.93. The second-order valence-corrected chi connectivity index (χ2v) is 5.85. The van der Waals surface area contributed by atoms with Crippen LogP contribution < -0.4 is 5.73 Å². The van der Waals surface area contributed by atoms with Gasteiger partial charge in [0.25, 0.3) is 0 Å². The Kier molecular flexibility index (Phi) is 2.59. The van der Waals surface area contributed by atoms with Crippen molar-refractivity contribution in [2.75, 3.05) is 7.11 Å². The molecule has 1 aliphatic rings. The Morgan fingerprint density at radius 3 is 2.69 bits per heavy atom. The summed E-state index contributed by atoms with van der Waals surface area (Å²) in [6.07, 6.45) is 2.05. The first-order chi connectivity index (χ1) is 7.42. The minimum absolute atomic E-state index is 0.156. The summed E-state index contributed by atoms with van der Waals surface area (Å²) < 4.78 is 4.79. The first-order valence-corrected chi connectivity index (χ1v) is 6.25. The fourth-order valence-electron chi connectivity index (χ4n) is 2.08. The predicted molar refractivity (Wildman–Crippen MR) is 64.8 cm³/mol. The van der Waals surface area contributed by atoms with Crippen LogP contribution >= 0.6 is 11.3 Å². The number of ether oxygens (including phenoxy) is 1. The van der Waals surface area contributed by atoms with Crippen molar-refractivity contribution in [3.8, 4) is 0 Å². The molecule has 3 nitrogen and oxygen atoms in total. The van der Waals surface area contributed by atoms with E-state index in [1.165, 1.54) is 18.4 Å². The van der Waals surface area contributed by atoms with Gasteiger partial charge in [-0.1, -0.05) is 13.8 Å². The van der Waals surface area contributed by atoms with Gasteiger partial charge in [-0.2, -0.15) is 0 Å². The number of methoxy groups -OCH3 is 1.